The highest BCUT2D eigenvalue weighted by Crippen LogP contribution is 2.43. The summed E-state index contributed by atoms with van der Waals surface area (Å²) in [5, 5.41) is 0. The molecule has 1 saturated carbocycles. The average molecular weight is 380 g/mol. The van der Waals surface area contributed by atoms with Crippen LogP contribution >= 0.6 is 0 Å². The summed E-state index contributed by atoms with van der Waals surface area (Å²) in [5.74, 6) is 0.298. The van der Waals surface area contributed by atoms with Crippen LogP contribution in [0.5, 0.6) is 0 Å². The third-order valence-electron chi connectivity index (χ3n) is 5.74. The second-order valence-electron chi connectivity index (χ2n) is 7.76. The zero-order valence-corrected chi connectivity index (χ0v) is 15.9. The Labute approximate surface area is 164 Å². The Morgan fingerprint density at radius 3 is 2.18 bits per heavy atom. The highest BCUT2D eigenvalue weighted by molar-refractivity contribution is 5.97. The standard InChI is InChI=1S/C23H25FN2O2/c24-20-10-8-17(9-11-20)21(27)16-25-12-14-26(15-13-25)23(28)22(19-6-7-19)18-4-2-1-3-5-18/h1-5,8-11,19,22H,6-7,12-16H2. The summed E-state index contributed by atoms with van der Waals surface area (Å²) in [4.78, 5) is 29.6. The molecule has 1 atom stereocenters. The molecule has 2 fully saturated rings. The predicted octanol–water partition coefficient (Wildman–Crippen LogP) is 3.35. The Morgan fingerprint density at radius 2 is 1.57 bits per heavy atom. The number of rotatable bonds is 6. The van der Waals surface area contributed by atoms with Crippen LogP contribution in [0.15, 0.2) is 54.6 Å². The van der Waals surface area contributed by atoms with E-state index in [-0.39, 0.29) is 23.4 Å². The van der Waals surface area contributed by atoms with E-state index < -0.39 is 0 Å². The van der Waals surface area contributed by atoms with Crippen LogP contribution in [0, 0.1) is 11.7 Å². The fourth-order valence-corrected chi connectivity index (χ4v) is 3.96. The molecule has 1 aliphatic heterocycles. The molecule has 1 saturated heterocycles. The maximum atomic E-state index is 13.2. The van der Waals surface area contributed by atoms with Gasteiger partial charge in [-0.15, -0.1) is 0 Å². The Morgan fingerprint density at radius 1 is 0.929 bits per heavy atom. The van der Waals surface area contributed by atoms with Crippen LogP contribution < -0.4 is 0 Å². The molecule has 0 radical (unpaired) electrons. The largest absolute Gasteiger partial charge is 0.340 e. The number of hydrogen-bond donors (Lipinski definition) is 0. The molecule has 0 N–H and O–H groups in total. The van der Waals surface area contributed by atoms with E-state index in [1.165, 1.54) is 24.3 Å². The van der Waals surface area contributed by atoms with E-state index in [2.05, 4.69) is 17.0 Å². The molecule has 2 aliphatic rings. The summed E-state index contributed by atoms with van der Waals surface area (Å²) < 4.78 is 13.0. The van der Waals surface area contributed by atoms with Crippen molar-refractivity contribution in [2.45, 2.75) is 18.8 Å². The van der Waals surface area contributed by atoms with Crippen molar-refractivity contribution in [2.24, 2.45) is 5.92 Å². The number of Topliss-reactive ketones (excluding diaryl/α,β-unsaturated/α-hetero) is 1. The van der Waals surface area contributed by atoms with Crippen molar-refractivity contribution in [1.29, 1.82) is 0 Å². The Kier molecular flexibility index (Phi) is 5.53. The number of nitrogens with zero attached hydrogens (tertiary/aromatic N) is 2. The van der Waals surface area contributed by atoms with Crippen LogP contribution in [-0.2, 0) is 4.79 Å². The fourth-order valence-electron chi connectivity index (χ4n) is 3.96. The van der Waals surface area contributed by atoms with Gasteiger partial charge in [-0.3, -0.25) is 14.5 Å². The van der Waals surface area contributed by atoms with E-state index in [1.54, 1.807) is 0 Å². The first-order chi connectivity index (χ1) is 13.6. The normalized spacial score (nSPS) is 18.7. The van der Waals surface area contributed by atoms with E-state index >= 15 is 0 Å². The molecule has 4 nitrogen and oxygen atoms in total. The number of piperazine rings is 1. The molecule has 146 valence electrons. The number of ketones is 1. The average Bonchev–Trinajstić information content (AvgIpc) is 3.55. The highest BCUT2D eigenvalue weighted by atomic mass is 19.1. The molecule has 0 aromatic heterocycles. The van der Waals surface area contributed by atoms with E-state index in [0.717, 1.165) is 18.4 Å². The molecule has 1 aliphatic carbocycles. The van der Waals surface area contributed by atoms with Gasteiger partial charge >= 0.3 is 0 Å². The van der Waals surface area contributed by atoms with Gasteiger partial charge in [-0.25, -0.2) is 4.39 Å². The van der Waals surface area contributed by atoms with E-state index in [4.69, 9.17) is 0 Å². The van der Waals surface area contributed by atoms with Crippen molar-refractivity contribution in [3.8, 4) is 0 Å². The zero-order valence-electron chi connectivity index (χ0n) is 15.9. The lowest BCUT2D eigenvalue weighted by Gasteiger charge is -2.36. The van der Waals surface area contributed by atoms with Gasteiger partial charge in [0.2, 0.25) is 5.91 Å². The van der Waals surface area contributed by atoms with Gasteiger partial charge in [-0.2, -0.15) is 0 Å². The van der Waals surface area contributed by atoms with Crippen LogP contribution in [0.1, 0.15) is 34.7 Å². The van der Waals surface area contributed by atoms with Crippen LogP contribution in [0.3, 0.4) is 0 Å². The van der Waals surface area contributed by atoms with Crippen molar-refractivity contribution in [1.82, 2.24) is 9.80 Å². The van der Waals surface area contributed by atoms with E-state index in [0.29, 0.717) is 44.2 Å². The van der Waals surface area contributed by atoms with Gasteiger partial charge in [0.05, 0.1) is 12.5 Å². The van der Waals surface area contributed by atoms with Gasteiger partial charge in [0, 0.05) is 31.7 Å². The van der Waals surface area contributed by atoms with Crippen molar-refractivity contribution >= 4 is 11.7 Å². The molecule has 2 aromatic carbocycles. The minimum atomic E-state index is -0.340. The molecule has 5 heteroatoms. The zero-order chi connectivity index (χ0) is 19.5. The van der Waals surface area contributed by atoms with Crippen LogP contribution in [0.2, 0.25) is 0 Å². The predicted molar refractivity (Wildman–Crippen MR) is 106 cm³/mol. The molecule has 0 spiro atoms. The number of carbonyl (C=O) groups excluding carboxylic acids is 2. The van der Waals surface area contributed by atoms with Crippen LogP contribution in [0.4, 0.5) is 4.39 Å². The van der Waals surface area contributed by atoms with Gasteiger partial charge in [0.1, 0.15) is 5.82 Å². The molecule has 1 amide bonds. The molecular weight excluding hydrogens is 355 g/mol. The molecule has 28 heavy (non-hydrogen) atoms. The number of benzene rings is 2. The first-order valence-electron chi connectivity index (χ1n) is 9.96. The summed E-state index contributed by atoms with van der Waals surface area (Å²) in [7, 11) is 0. The van der Waals surface area contributed by atoms with Crippen molar-refractivity contribution < 1.29 is 14.0 Å². The molecule has 1 unspecified atom stereocenters. The van der Waals surface area contributed by atoms with Gasteiger partial charge in [-0.1, -0.05) is 30.3 Å². The van der Waals surface area contributed by atoms with Gasteiger partial charge < -0.3 is 4.90 Å². The van der Waals surface area contributed by atoms with Gasteiger partial charge in [0.25, 0.3) is 0 Å². The molecular formula is C23H25FN2O2. The summed E-state index contributed by atoms with van der Waals surface area (Å²) in [6.45, 7) is 2.96. The Bertz CT molecular complexity index is 825. The maximum Gasteiger partial charge on any atom is 0.230 e. The smallest absolute Gasteiger partial charge is 0.230 e. The quantitative estimate of drug-likeness (QED) is 0.722. The first-order valence-corrected chi connectivity index (χ1v) is 9.96. The van der Waals surface area contributed by atoms with E-state index in [9.17, 15) is 14.0 Å². The number of amides is 1. The fraction of sp³-hybridized carbons (Fsp3) is 0.391. The number of carbonyl (C=O) groups is 2. The van der Waals surface area contributed by atoms with Crippen molar-refractivity contribution in [3.05, 3.63) is 71.5 Å². The summed E-state index contributed by atoms with van der Waals surface area (Å²) in [6, 6.07) is 15.8. The second kappa shape index (κ2) is 8.23. The minimum Gasteiger partial charge on any atom is -0.340 e. The number of halogens is 1. The van der Waals surface area contributed by atoms with Crippen LogP contribution in [0.25, 0.3) is 0 Å². The molecule has 2 aromatic rings. The second-order valence-corrected chi connectivity index (χ2v) is 7.76. The Hall–Kier alpha value is -2.53. The highest BCUT2D eigenvalue weighted by Gasteiger charge is 2.39. The summed E-state index contributed by atoms with van der Waals surface area (Å²) in [6.07, 6.45) is 2.24. The SMILES string of the molecule is O=C(CN1CCN(C(=O)C(c2ccccc2)C2CC2)CC1)c1ccc(F)cc1. The van der Waals surface area contributed by atoms with Crippen LogP contribution in [-0.4, -0.2) is 54.2 Å². The summed E-state index contributed by atoms with van der Waals surface area (Å²) in [5.41, 5.74) is 1.64. The van der Waals surface area contributed by atoms with Gasteiger partial charge in [0.15, 0.2) is 5.78 Å². The third-order valence-corrected chi connectivity index (χ3v) is 5.74. The third kappa shape index (κ3) is 4.30. The lowest BCUT2D eigenvalue weighted by Crippen LogP contribution is -2.51. The lowest BCUT2D eigenvalue weighted by atomic mass is 9.92. The summed E-state index contributed by atoms with van der Waals surface area (Å²) >= 11 is 0. The topological polar surface area (TPSA) is 40.6 Å². The van der Waals surface area contributed by atoms with E-state index in [1.807, 2.05) is 23.1 Å². The number of hydrogen-bond acceptors (Lipinski definition) is 3. The van der Waals surface area contributed by atoms with Crippen molar-refractivity contribution in [3.63, 3.8) is 0 Å². The first kappa shape index (κ1) is 18.8. The minimum absolute atomic E-state index is 0.0140. The van der Waals surface area contributed by atoms with Gasteiger partial charge in [-0.05, 0) is 48.6 Å². The maximum absolute atomic E-state index is 13.2. The Balaban J connectivity index is 1.34. The monoisotopic (exact) mass is 380 g/mol. The lowest BCUT2D eigenvalue weighted by molar-refractivity contribution is -0.135. The molecule has 4 rings (SSSR count). The molecule has 1 heterocycles. The molecule has 0 bridgehead atoms. The van der Waals surface area contributed by atoms with Crippen molar-refractivity contribution in [2.75, 3.05) is 32.7 Å².